The quantitative estimate of drug-likeness (QED) is 0.564. The summed E-state index contributed by atoms with van der Waals surface area (Å²) in [7, 11) is 0. The molecule has 0 spiro atoms. The molecule has 0 radical (unpaired) electrons. The molecule has 0 saturated carbocycles. The molecule has 3 heterocycles. The van der Waals surface area contributed by atoms with Gasteiger partial charge >= 0.3 is 0 Å². The highest BCUT2D eigenvalue weighted by Gasteiger charge is 2.44. The average Bonchev–Trinajstić information content (AvgIpc) is 3.24. The van der Waals surface area contributed by atoms with Crippen molar-refractivity contribution >= 4 is 5.91 Å². The standard InChI is InChI=1S/C27H33N5O/c1-4-29-26(33)27(15-21-6-5-7-24(14-21)23-8-11-28-12-9-23)10-13-32(19-27)18-22-16-30-25(20(2)3)31-17-22/h5-9,11-12,14,16-17,20H,4,10,13,15,18-19H2,1-3H3,(H,29,33)/t27-/m1/s1. The van der Waals surface area contributed by atoms with Crippen molar-refractivity contribution < 1.29 is 4.79 Å². The molecule has 1 atom stereocenters. The van der Waals surface area contributed by atoms with Crippen molar-refractivity contribution in [2.24, 2.45) is 5.41 Å². The summed E-state index contributed by atoms with van der Waals surface area (Å²) in [4.78, 5) is 28.8. The summed E-state index contributed by atoms with van der Waals surface area (Å²) >= 11 is 0. The van der Waals surface area contributed by atoms with Gasteiger partial charge in [-0.2, -0.15) is 0 Å². The highest BCUT2D eigenvalue weighted by atomic mass is 16.2. The van der Waals surface area contributed by atoms with E-state index in [9.17, 15) is 4.79 Å². The fourth-order valence-corrected chi connectivity index (χ4v) is 4.65. The summed E-state index contributed by atoms with van der Waals surface area (Å²) in [5.41, 5.74) is 4.12. The van der Waals surface area contributed by atoms with Gasteiger partial charge in [0.25, 0.3) is 0 Å². The fourth-order valence-electron chi connectivity index (χ4n) is 4.65. The van der Waals surface area contributed by atoms with Crippen LogP contribution in [0.5, 0.6) is 0 Å². The van der Waals surface area contributed by atoms with E-state index in [2.05, 4.69) is 63.3 Å². The number of aromatic nitrogens is 3. The van der Waals surface area contributed by atoms with Crippen molar-refractivity contribution in [3.8, 4) is 11.1 Å². The third kappa shape index (κ3) is 5.45. The highest BCUT2D eigenvalue weighted by Crippen LogP contribution is 2.36. The molecule has 1 aliphatic rings. The zero-order valence-electron chi connectivity index (χ0n) is 19.8. The van der Waals surface area contributed by atoms with Crippen LogP contribution in [0.1, 0.15) is 50.1 Å². The van der Waals surface area contributed by atoms with Crippen molar-refractivity contribution in [2.75, 3.05) is 19.6 Å². The van der Waals surface area contributed by atoms with Gasteiger partial charge in [0.1, 0.15) is 5.82 Å². The second-order valence-electron chi connectivity index (χ2n) is 9.32. The number of carbonyl (C=O) groups is 1. The number of amides is 1. The van der Waals surface area contributed by atoms with Crippen molar-refractivity contribution in [1.82, 2.24) is 25.2 Å². The van der Waals surface area contributed by atoms with E-state index >= 15 is 0 Å². The number of hydrogen-bond donors (Lipinski definition) is 1. The minimum atomic E-state index is -0.439. The van der Waals surface area contributed by atoms with Crippen molar-refractivity contribution in [2.45, 2.75) is 46.1 Å². The maximum Gasteiger partial charge on any atom is 0.227 e. The predicted molar refractivity (Wildman–Crippen MR) is 131 cm³/mol. The van der Waals surface area contributed by atoms with Crippen molar-refractivity contribution in [3.63, 3.8) is 0 Å². The van der Waals surface area contributed by atoms with Crippen molar-refractivity contribution in [1.29, 1.82) is 0 Å². The maximum absolute atomic E-state index is 13.3. The summed E-state index contributed by atoms with van der Waals surface area (Å²) in [5, 5.41) is 3.10. The lowest BCUT2D eigenvalue weighted by Crippen LogP contribution is -2.44. The maximum atomic E-state index is 13.3. The molecule has 1 saturated heterocycles. The zero-order valence-corrected chi connectivity index (χ0v) is 19.8. The molecule has 6 nitrogen and oxygen atoms in total. The molecule has 2 aromatic heterocycles. The third-order valence-electron chi connectivity index (χ3n) is 6.38. The molecule has 1 fully saturated rings. The SMILES string of the molecule is CCNC(=O)[C@@]1(Cc2cccc(-c3ccncc3)c2)CCN(Cc2cnc(C(C)C)nc2)C1. The van der Waals surface area contributed by atoms with E-state index in [4.69, 9.17) is 0 Å². The Kier molecular flexibility index (Phi) is 7.14. The number of benzene rings is 1. The van der Waals surface area contributed by atoms with Crippen LogP contribution in [-0.2, 0) is 17.8 Å². The number of likely N-dealkylation sites (tertiary alicyclic amines) is 1. The smallest absolute Gasteiger partial charge is 0.227 e. The normalized spacial score (nSPS) is 18.5. The van der Waals surface area contributed by atoms with Gasteiger partial charge in [-0.3, -0.25) is 14.7 Å². The van der Waals surface area contributed by atoms with E-state index in [1.807, 2.05) is 43.8 Å². The Morgan fingerprint density at radius 1 is 1.09 bits per heavy atom. The lowest BCUT2D eigenvalue weighted by molar-refractivity contribution is -0.130. The second-order valence-corrected chi connectivity index (χ2v) is 9.32. The summed E-state index contributed by atoms with van der Waals surface area (Å²) in [6.45, 7) is 9.19. The van der Waals surface area contributed by atoms with Gasteiger partial charge in [0.2, 0.25) is 5.91 Å². The van der Waals surface area contributed by atoms with Crippen LogP contribution < -0.4 is 5.32 Å². The second kappa shape index (κ2) is 10.2. The predicted octanol–water partition coefficient (Wildman–Crippen LogP) is 4.23. The van der Waals surface area contributed by atoms with Crippen LogP contribution in [0.2, 0.25) is 0 Å². The number of carbonyl (C=O) groups excluding carboxylic acids is 1. The van der Waals surface area contributed by atoms with E-state index < -0.39 is 5.41 Å². The molecule has 0 bridgehead atoms. The molecular formula is C27H33N5O. The Balaban J connectivity index is 1.52. The van der Waals surface area contributed by atoms with Gasteiger partial charge in [-0.25, -0.2) is 9.97 Å². The van der Waals surface area contributed by atoms with Gasteiger partial charge in [-0.15, -0.1) is 0 Å². The van der Waals surface area contributed by atoms with E-state index in [1.54, 1.807) is 0 Å². The van der Waals surface area contributed by atoms with Crippen LogP contribution in [0, 0.1) is 5.41 Å². The third-order valence-corrected chi connectivity index (χ3v) is 6.38. The van der Waals surface area contributed by atoms with Gasteiger partial charge in [0.05, 0.1) is 5.41 Å². The van der Waals surface area contributed by atoms with Crippen molar-refractivity contribution in [3.05, 3.63) is 78.1 Å². The van der Waals surface area contributed by atoms with Gasteiger partial charge in [-0.1, -0.05) is 38.1 Å². The van der Waals surface area contributed by atoms with Crippen LogP contribution in [0.15, 0.2) is 61.2 Å². The minimum absolute atomic E-state index is 0.146. The largest absolute Gasteiger partial charge is 0.356 e. The van der Waals surface area contributed by atoms with E-state index in [0.29, 0.717) is 12.5 Å². The lowest BCUT2D eigenvalue weighted by atomic mass is 9.79. The molecule has 172 valence electrons. The summed E-state index contributed by atoms with van der Waals surface area (Å²) in [6.07, 6.45) is 9.02. The molecule has 3 aromatic rings. The van der Waals surface area contributed by atoms with Crippen LogP contribution in [0.25, 0.3) is 11.1 Å². The molecule has 1 aromatic carbocycles. The molecule has 1 amide bonds. The summed E-state index contributed by atoms with van der Waals surface area (Å²) in [5.74, 6) is 1.33. The zero-order chi connectivity index (χ0) is 23.3. The minimum Gasteiger partial charge on any atom is -0.356 e. The number of nitrogens with one attached hydrogen (secondary N) is 1. The first kappa shape index (κ1) is 23.1. The van der Waals surface area contributed by atoms with Crippen LogP contribution in [0.4, 0.5) is 0 Å². The lowest BCUT2D eigenvalue weighted by Gasteiger charge is -2.28. The summed E-state index contributed by atoms with van der Waals surface area (Å²) in [6, 6.07) is 12.6. The average molecular weight is 444 g/mol. The first-order chi connectivity index (χ1) is 16.0. The molecule has 1 aliphatic heterocycles. The fraction of sp³-hybridized carbons (Fsp3) is 0.407. The number of hydrogen-bond acceptors (Lipinski definition) is 5. The first-order valence-electron chi connectivity index (χ1n) is 11.8. The Bertz CT molecular complexity index is 1070. The molecule has 33 heavy (non-hydrogen) atoms. The Labute approximate surface area is 196 Å². The highest BCUT2D eigenvalue weighted by molar-refractivity contribution is 5.83. The number of nitrogens with zero attached hydrogens (tertiary/aromatic N) is 4. The van der Waals surface area contributed by atoms with Gasteiger partial charge in [0.15, 0.2) is 0 Å². The molecule has 0 aliphatic carbocycles. The molecule has 1 N–H and O–H groups in total. The van der Waals surface area contributed by atoms with Gasteiger partial charge in [-0.05, 0) is 55.1 Å². The van der Waals surface area contributed by atoms with E-state index in [0.717, 1.165) is 55.0 Å². The van der Waals surface area contributed by atoms with Crippen LogP contribution in [0.3, 0.4) is 0 Å². The van der Waals surface area contributed by atoms with E-state index in [-0.39, 0.29) is 5.91 Å². The Morgan fingerprint density at radius 2 is 1.85 bits per heavy atom. The molecule has 0 unspecified atom stereocenters. The summed E-state index contributed by atoms with van der Waals surface area (Å²) < 4.78 is 0. The Morgan fingerprint density at radius 3 is 2.55 bits per heavy atom. The molecular weight excluding hydrogens is 410 g/mol. The van der Waals surface area contributed by atoms with Gasteiger partial charge < -0.3 is 5.32 Å². The molecule has 4 rings (SSSR count). The van der Waals surface area contributed by atoms with Crippen LogP contribution >= 0.6 is 0 Å². The van der Waals surface area contributed by atoms with Crippen LogP contribution in [-0.4, -0.2) is 45.4 Å². The monoisotopic (exact) mass is 443 g/mol. The number of rotatable bonds is 8. The topological polar surface area (TPSA) is 71.0 Å². The van der Waals surface area contributed by atoms with E-state index in [1.165, 1.54) is 5.56 Å². The first-order valence-corrected chi connectivity index (χ1v) is 11.8. The Hall–Kier alpha value is -3.12. The molecule has 6 heteroatoms. The number of pyridine rings is 1. The van der Waals surface area contributed by atoms with Gasteiger partial charge in [0, 0.05) is 55.9 Å².